The second kappa shape index (κ2) is 10.0. The molecular weight excluding hydrogens is 411 g/mol. The summed E-state index contributed by atoms with van der Waals surface area (Å²) in [5, 5.41) is 2.63. The molecule has 0 aliphatic rings. The number of benzene rings is 2. The van der Waals surface area contributed by atoms with Gasteiger partial charge in [-0.25, -0.2) is 9.18 Å². The molecule has 1 N–H and O–H groups in total. The molecule has 0 aliphatic heterocycles. The molecule has 1 atom stereocenters. The number of carbonyl (C=O) groups is 2. The topological polar surface area (TPSA) is 77.4 Å². The summed E-state index contributed by atoms with van der Waals surface area (Å²) >= 11 is 0. The lowest BCUT2D eigenvalue weighted by molar-refractivity contribution is -0.143. The molecule has 3 aromatic rings. The lowest BCUT2D eigenvalue weighted by Crippen LogP contribution is -2.39. The van der Waals surface area contributed by atoms with Crippen molar-refractivity contribution < 1.29 is 18.7 Å². The minimum atomic E-state index is -1.05. The molecule has 2 aromatic carbocycles. The maximum absolute atomic E-state index is 13.3. The third-order valence-corrected chi connectivity index (χ3v) is 5.30. The minimum Gasteiger partial charge on any atom is -0.467 e. The van der Waals surface area contributed by atoms with Gasteiger partial charge >= 0.3 is 5.97 Å². The van der Waals surface area contributed by atoms with Crippen molar-refractivity contribution in [3.05, 3.63) is 105 Å². The van der Waals surface area contributed by atoms with Gasteiger partial charge < -0.3 is 14.6 Å². The van der Waals surface area contributed by atoms with Crippen molar-refractivity contribution in [3.63, 3.8) is 0 Å². The highest BCUT2D eigenvalue weighted by atomic mass is 19.1. The van der Waals surface area contributed by atoms with Crippen LogP contribution in [0.1, 0.15) is 45.7 Å². The van der Waals surface area contributed by atoms with E-state index in [0.29, 0.717) is 12.0 Å². The fourth-order valence-corrected chi connectivity index (χ4v) is 3.66. The van der Waals surface area contributed by atoms with Crippen LogP contribution in [-0.2, 0) is 22.5 Å². The summed E-state index contributed by atoms with van der Waals surface area (Å²) in [6.07, 6.45) is 0.582. The zero-order valence-electron chi connectivity index (χ0n) is 18.2. The average Bonchev–Trinajstić information content (AvgIpc) is 2.81. The largest absolute Gasteiger partial charge is 0.467 e. The molecule has 0 bridgehead atoms. The molecule has 1 amide bonds. The predicted molar refractivity (Wildman–Crippen MR) is 119 cm³/mol. The van der Waals surface area contributed by atoms with Gasteiger partial charge in [0, 0.05) is 5.69 Å². The lowest BCUT2D eigenvalue weighted by atomic mass is 10.0. The Morgan fingerprint density at radius 1 is 1.09 bits per heavy atom. The number of halogens is 1. The van der Waals surface area contributed by atoms with E-state index < -0.39 is 23.5 Å². The summed E-state index contributed by atoms with van der Waals surface area (Å²) in [7, 11) is 1.24. The summed E-state index contributed by atoms with van der Waals surface area (Å²) in [5.74, 6) is -1.68. The summed E-state index contributed by atoms with van der Waals surface area (Å²) in [6.45, 7) is 3.94. The summed E-state index contributed by atoms with van der Waals surface area (Å²) < 4.78 is 19.6. The molecule has 0 radical (unpaired) electrons. The van der Waals surface area contributed by atoms with Crippen molar-refractivity contribution in [1.82, 2.24) is 9.88 Å². The highest BCUT2D eigenvalue weighted by molar-refractivity contribution is 5.97. The molecule has 0 spiro atoms. The van der Waals surface area contributed by atoms with Gasteiger partial charge in [-0.1, -0.05) is 49.4 Å². The smallest absolute Gasteiger partial charge is 0.333 e. The molecule has 6 nitrogen and oxygen atoms in total. The maximum atomic E-state index is 13.3. The molecule has 0 saturated carbocycles. The molecule has 0 fully saturated rings. The lowest BCUT2D eigenvalue weighted by Gasteiger charge is -2.19. The van der Waals surface area contributed by atoms with E-state index in [1.807, 2.05) is 13.8 Å². The highest BCUT2D eigenvalue weighted by Crippen LogP contribution is 2.16. The molecule has 1 aromatic heterocycles. The van der Waals surface area contributed by atoms with Crippen LogP contribution in [-0.4, -0.2) is 23.6 Å². The fraction of sp³-hybridized carbons (Fsp3) is 0.240. The Kier molecular flexibility index (Phi) is 7.20. The van der Waals surface area contributed by atoms with E-state index >= 15 is 0 Å². The van der Waals surface area contributed by atoms with Crippen LogP contribution in [0.4, 0.5) is 4.39 Å². The molecule has 32 heavy (non-hydrogen) atoms. The first-order valence-electron chi connectivity index (χ1n) is 10.3. The Balaban J connectivity index is 2.00. The van der Waals surface area contributed by atoms with Gasteiger partial charge in [0.2, 0.25) is 0 Å². The van der Waals surface area contributed by atoms with Crippen LogP contribution in [0.2, 0.25) is 0 Å². The van der Waals surface area contributed by atoms with Crippen LogP contribution in [0.5, 0.6) is 0 Å². The van der Waals surface area contributed by atoms with Gasteiger partial charge in [0.15, 0.2) is 6.04 Å². The monoisotopic (exact) mass is 436 g/mol. The molecule has 3 rings (SSSR count). The van der Waals surface area contributed by atoms with Crippen molar-refractivity contribution in [1.29, 1.82) is 0 Å². The second-order valence-electron chi connectivity index (χ2n) is 7.40. The first kappa shape index (κ1) is 22.9. The van der Waals surface area contributed by atoms with Gasteiger partial charge in [-0.15, -0.1) is 0 Å². The zero-order valence-corrected chi connectivity index (χ0v) is 18.2. The highest BCUT2D eigenvalue weighted by Gasteiger charge is 2.26. The van der Waals surface area contributed by atoms with Gasteiger partial charge in [-0.05, 0) is 48.2 Å². The van der Waals surface area contributed by atoms with Gasteiger partial charge in [-0.2, -0.15) is 0 Å². The number of amides is 1. The predicted octanol–water partition coefficient (Wildman–Crippen LogP) is 3.55. The van der Waals surface area contributed by atoms with E-state index in [2.05, 4.69) is 5.32 Å². The third-order valence-electron chi connectivity index (χ3n) is 5.30. The standard InChI is InChI=1S/C25H25FN2O4/c1-4-21-16(2)14-20(24(30)28(21)15-17-10-12-19(26)13-11-17)23(29)27-22(25(31)32-3)18-8-6-5-7-9-18/h5-14,22H,4,15H2,1-3H3,(H,27,29)/t22-/m0/s1. The van der Waals surface area contributed by atoms with Crippen molar-refractivity contribution >= 4 is 11.9 Å². The number of nitrogens with one attached hydrogen (secondary N) is 1. The Labute approximate surface area is 185 Å². The van der Waals surface area contributed by atoms with Crippen molar-refractivity contribution in [2.75, 3.05) is 7.11 Å². The molecule has 0 saturated heterocycles. The summed E-state index contributed by atoms with van der Waals surface area (Å²) in [4.78, 5) is 38.7. The van der Waals surface area contributed by atoms with Gasteiger partial charge in [0.25, 0.3) is 11.5 Å². The summed E-state index contributed by atoms with van der Waals surface area (Å²) in [5.41, 5.74) is 2.27. The number of esters is 1. The zero-order chi connectivity index (χ0) is 23.3. The number of pyridine rings is 1. The molecule has 1 heterocycles. The molecule has 7 heteroatoms. The molecule has 0 aliphatic carbocycles. The number of aryl methyl sites for hydroxylation is 1. The van der Waals surface area contributed by atoms with Gasteiger partial charge in [0.05, 0.1) is 13.7 Å². The van der Waals surface area contributed by atoms with Crippen LogP contribution < -0.4 is 10.9 Å². The number of carbonyl (C=O) groups excluding carboxylic acids is 2. The number of ether oxygens (including phenoxy) is 1. The number of hydrogen-bond donors (Lipinski definition) is 1. The summed E-state index contributed by atoms with van der Waals surface area (Å²) in [6, 6.07) is 15.0. The quantitative estimate of drug-likeness (QED) is 0.575. The van der Waals surface area contributed by atoms with E-state index in [-0.39, 0.29) is 17.9 Å². The van der Waals surface area contributed by atoms with Gasteiger partial charge in [-0.3, -0.25) is 9.59 Å². The van der Waals surface area contributed by atoms with Crippen LogP contribution >= 0.6 is 0 Å². The molecule has 166 valence electrons. The first-order chi connectivity index (χ1) is 15.3. The average molecular weight is 436 g/mol. The molecule has 0 unspecified atom stereocenters. The van der Waals surface area contributed by atoms with Crippen LogP contribution in [0.15, 0.2) is 65.5 Å². The SMILES string of the molecule is CCc1c(C)cc(C(=O)N[C@H](C(=O)OC)c2ccccc2)c(=O)n1Cc1ccc(F)cc1. The van der Waals surface area contributed by atoms with Crippen molar-refractivity contribution in [2.45, 2.75) is 32.9 Å². The first-order valence-corrected chi connectivity index (χ1v) is 10.3. The third kappa shape index (κ3) is 4.94. The van der Waals surface area contributed by atoms with Crippen molar-refractivity contribution in [2.24, 2.45) is 0 Å². The normalized spacial score (nSPS) is 11.6. The Bertz CT molecular complexity index is 1170. The Morgan fingerprint density at radius 2 is 1.75 bits per heavy atom. The van der Waals surface area contributed by atoms with E-state index in [1.165, 1.54) is 29.9 Å². The van der Waals surface area contributed by atoms with Crippen LogP contribution in [0.3, 0.4) is 0 Å². The van der Waals surface area contributed by atoms with E-state index in [9.17, 15) is 18.8 Å². The maximum Gasteiger partial charge on any atom is 0.333 e. The Hall–Kier alpha value is -3.74. The minimum absolute atomic E-state index is 0.0772. The molecular formula is C25H25FN2O4. The number of hydrogen-bond acceptors (Lipinski definition) is 4. The van der Waals surface area contributed by atoms with Crippen LogP contribution in [0, 0.1) is 12.7 Å². The van der Waals surface area contributed by atoms with E-state index in [4.69, 9.17) is 4.74 Å². The van der Waals surface area contributed by atoms with Gasteiger partial charge in [0.1, 0.15) is 11.4 Å². The van der Waals surface area contributed by atoms with Crippen molar-refractivity contribution in [3.8, 4) is 0 Å². The number of methoxy groups -OCH3 is 1. The second-order valence-corrected chi connectivity index (χ2v) is 7.40. The van der Waals surface area contributed by atoms with E-state index in [1.54, 1.807) is 42.5 Å². The van der Waals surface area contributed by atoms with E-state index in [0.717, 1.165) is 16.8 Å². The number of rotatable bonds is 7. The number of aromatic nitrogens is 1. The number of nitrogens with zero attached hydrogens (tertiary/aromatic N) is 1. The van der Waals surface area contributed by atoms with Crippen LogP contribution in [0.25, 0.3) is 0 Å². The fourth-order valence-electron chi connectivity index (χ4n) is 3.66. The Morgan fingerprint density at radius 3 is 2.34 bits per heavy atom.